The Hall–Kier alpha value is -1.51. The summed E-state index contributed by atoms with van der Waals surface area (Å²) < 4.78 is 1.97. The first-order chi connectivity index (χ1) is 11.3. The van der Waals surface area contributed by atoms with Gasteiger partial charge in [-0.15, -0.1) is 0 Å². The molecule has 0 saturated carbocycles. The quantitative estimate of drug-likeness (QED) is 0.501. The van der Waals surface area contributed by atoms with Crippen molar-refractivity contribution in [1.82, 2.24) is 19.9 Å². The smallest absolute Gasteiger partial charge is 0.220 e. The standard InChI is InChI=1S/C15H21N5OS2/c16-6-4-13-11-20(12-19-13)9-8-17-14(21)5-10-22-23-15-3-1-2-7-18-15/h1-3,7,11-12H,4-6,8-10,16H2,(H,17,21). The lowest BCUT2D eigenvalue weighted by Gasteiger charge is -2.05. The number of rotatable bonds is 10. The first-order valence-corrected chi connectivity index (χ1v) is 9.78. The Morgan fingerprint density at radius 1 is 1.35 bits per heavy atom. The van der Waals surface area contributed by atoms with Crippen LogP contribution in [0.4, 0.5) is 0 Å². The Bertz CT molecular complexity index is 591. The molecule has 0 spiro atoms. The van der Waals surface area contributed by atoms with Crippen molar-refractivity contribution in [2.24, 2.45) is 5.73 Å². The van der Waals surface area contributed by atoms with E-state index in [1.807, 2.05) is 29.0 Å². The van der Waals surface area contributed by atoms with E-state index in [0.29, 0.717) is 19.5 Å². The molecule has 2 heterocycles. The lowest BCUT2D eigenvalue weighted by molar-refractivity contribution is -0.120. The zero-order chi connectivity index (χ0) is 16.3. The van der Waals surface area contributed by atoms with E-state index in [4.69, 9.17) is 5.73 Å². The van der Waals surface area contributed by atoms with E-state index in [-0.39, 0.29) is 5.91 Å². The molecule has 2 aromatic heterocycles. The molecule has 0 bridgehead atoms. The van der Waals surface area contributed by atoms with E-state index >= 15 is 0 Å². The van der Waals surface area contributed by atoms with E-state index in [1.165, 1.54) is 0 Å². The zero-order valence-corrected chi connectivity index (χ0v) is 14.5. The average Bonchev–Trinajstić information content (AvgIpc) is 3.00. The van der Waals surface area contributed by atoms with Crippen LogP contribution in [0.1, 0.15) is 12.1 Å². The molecule has 2 aromatic rings. The SMILES string of the molecule is NCCc1cn(CCNC(=O)CCSSc2ccccn2)cn1. The number of hydrogen-bond acceptors (Lipinski definition) is 6. The van der Waals surface area contributed by atoms with Gasteiger partial charge in [0.25, 0.3) is 0 Å². The van der Waals surface area contributed by atoms with Gasteiger partial charge in [-0.1, -0.05) is 16.9 Å². The predicted octanol–water partition coefficient (Wildman–Crippen LogP) is 1.73. The summed E-state index contributed by atoms with van der Waals surface area (Å²) in [6, 6.07) is 5.81. The van der Waals surface area contributed by atoms with Gasteiger partial charge in [0.15, 0.2) is 0 Å². The van der Waals surface area contributed by atoms with Crippen molar-refractivity contribution < 1.29 is 4.79 Å². The van der Waals surface area contributed by atoms with E-state index in [0.717, 1.165) is 29.4 Å². The van der Waals surface area contributed by atoms with Gasteiger partial charge < -0.3 is 15.6 Å². The maximum absolute atomic E-state index is 11.8. The predicted molar refractivity (Wildman–Crippen MR) is 95.2 cm³/mol. The molecule has 0 aliphatic carbocycles. The summed E-state index contributed by atoms with van der Waals surface area (Å²) in [6.07, 6.45) is 6.80. The van der Waals surface area contributed by atoms with Crippen LogP contribution in [0.2, 0.25) is 0 Å². The van der Waals surface area contributed by atoms with Crippen LogP contribution >= 0.6 is 21.6 Å². The molecule has 0 radical (unpaired) electrons. The highest BCUT2D eigenvalue weighted by Gasteiger charge is 2.03. The molecule has 8 heteroatoms. The lowest BCUT2D eigenvalue weighted by Crippen LogP contribution is -2.27. The third kappa shape index (κ3) is 7.06. The Morgan fingerprint density at radius 3 is 3.04 bits per heavy atom. The summed E-state index contributed by atoms with van der Waals surface area (Å²) >= 11 is 0. The van der Waals surface area contributed by atoms with Crippen LogP contribution in [0, 0.1) is 0 Å². The highest BCUT2D eigenvalue weighted by molar-refractivity contribution is 8.76. The van der Waals surface area contributed by atoms with Gasteiger partial charge in [0.1, 0.15) is 5.03 Å². The van der Waals surface area contributed by atoms with Gasteiger partial charge in [-0.2, -0.15) is 0 Å². The number of aromatic nitrogens is 3. The normalized spacial score (nSPS) is 10.7. The van der Waals surface area contributed by atoms with Gasteiger partial charge in [0.2, 0.25) is 5.91 Å². The van der Waals surface area contributed by atoms with Crippen molar-refractivity contribution in [3.05, 3.63) is 42.6 Å². The van der Waals surface area contributed by atoms with Gasteiger partial charge in [-0.05, 0) is 29.5 Å². The summed E-state index contributed by atoms with van der Waals surface area (Å²) in [7, 11) is 3.23. The zero-order valence-electron chi connectivity index (χ0n) is 12.9. The summed E-state index contributed by atoms with van der Waals surface area (Å²) in [4.78, 5) is 20.2. The number of hydrogen-bond donors (Lipinski definition) is 2. The van der Waals surface area contributed by atoms with Gasteiger partial charge in [-0.25, -0.2) is 9.97 Å². The molecule has 6 nitrogen and oxygen atoms in total. The monoisotopic (exact) mass is 351 g/mol. The molecule has 0 unspecified atom stereocenters. The minimum absolute atomic E-state index is 0.0708. The van der Waals surface area contributed by atoms with Crippen LogP contribution in [0.5, 0.6) is 0 Å². The van der Waals surface area contributed by atoms with Crippen molar-refractivity contribution in [3.8, 4) is 0 Å². The summed E-state index contributed by atoms with van der Waals surface area (Å²) in [6.45, 7) is 1.93. The molecule has 0 saturated heterocycles. The number of carbonyl (C=O) groups excluding carboxylic acids is 1. The minimum atomic E-state index is 0.0708. The topological polar surface area (TPSA) is 85.8 Å². The van der Waals surface area contributed by atoms with E-state index in [9.17, 15) is 4.79 Å². The molecule has 3 N–H and O–H groups in total. The van der Waals surface area contributed by atoms with Crippen LogP contribution < -0.4 is 11.1 Å². The molecular weight excluding hydrogens is 330 g/mol. The minimum Gasteiger partial charge on any atom is -0.354 e. The first kappa shape index (κ1) is 17.8. The molecular formula is C15H21N5OS2. The lowest BCUT2D eigenvalue weighted by atomic mass is 10.3. The second-order valence-electron chi connectivity index (χ2n) is 4.81. The van der Waals surface area contributed by atoms with E-state index in [2.05, 4.69) is 15.3 Å². The van der Waals surface area contributed by atoms with Gasteiger partial charge >= 0.3 is 0 Å². The number of pyridine rings is 1. The maximum Gasteiger partial charge on any atom is 0.220 e. The van der Waals surface area contributed by atoms with Crippen molar-refractivity contribution in [2.75, 3.05) is 18.8 Å². The van der Waals surface area contributed by atoms with Crippen LogP contribution in [0.25, 0.3) is 0 Å². The highest BCUT2D eigenvalue weighted by atomic mass is 33.1. The Balaban J connectivity index is 1.54. The van der Waals surface area contributed by atoms with E-state index < -0.39 is 0 Å². The number of amides is 1. The van der Waals surface area contributed by atoms with Crippen molar-refractivity contribution >= 4 is 27.5 Å². The molecule has 0 aliphatic rings. The average molecular weight is 352 g/mol. The fraction of sp³-hybridized carbons (Fsp3) is 0.400. The molecule has 1 amide bonds. The van der Waals surface area contributed by atoms with Crippen LogP contribution in [0.15, 0.2) is 41.9 Å². The number of nitrogens with two attached hydrogens (primary N) is 1. The molecule has 0 atom stereocenters. The fourth-order valence-electron chi connectivity index (χ4n) is 1.85. The number of nitrogens with zero attached hydrogens (tertiary/aromatic N) is 3. The van der Waals surface area contributed by atoms with Gasteiger partial charge in [0.05, 0.1) is 12.0 Å². The Morgan fingerprint density at radius 2 is 2.26 bits per heavy atom. The second kappa shape index (κ2) is 10.3. The number of nitrogens with one attached hydrogen (secondary N) is 1. The largest absolute Gasteiger partial charge is 0.354 e. The van der Waals surface area contributed by atoms with Crippen LogP contribution in [-0.4, -0.2) is 39.3 Å². The van der Waals surface area contributed by atoms with Gasteiger partial charge in [-0.3, -0.25) is 4.79 Å². The number of imidazole rings is 1. The molecule has 0 aromatic carbocycles. The maximum atomic E-state index is 11.8. The van der Waals surface area contributed by atoms with E-state index in [1.54, 1.807) is 34.1 Å². The molecule has 0 aliphatic heterocycles. The molecule has 0 fully saturated rings. The third-order valence-corrected chi connectivity index (χ3v) is 5.24. The summed E-state index contributed by atoms with van der Waals surface area (Å²) in [5.74, 6) is 0.833. The molecule has 2 rings (SSSR count). The highest BCUT2D eigenvalue weighted by Crippen LogP contribution is 2.29. The third-order valence-electron chi connectivity index (χ3n) is 2.97. The Kier molecular flexibility index (Phi) is 7.99. The van der Waals surface area contributed by atoms with Crippen molar-refractivity contribution in [1.29, 1.82) is 0 Å². The first-order valence-electron chi connectivity index (χ1n) is 7.46. The molecule has 23 heavy (non-hydrogen) atoms. The Labute approximate surface area is 144 Å². The van der Waals surface area contributed by atoms with Gasteiger partial charge in [0, 0.05) is 44.1 Å². The van der Waals surface area contributed by atoms with Crippen molar-refractivity contribution in [2.45, 2.75) is 24.4 Å². The summed E-state index contributed by atoms with van der Waals surface area (Å²) in [5, 5.41) is 3.88. The van der Waals surface area contributed by atoms with Crippen molar-refractivity contribution in [3.63, 3.8) is 0 Å². The molecule has 124 valence electrons. The van der Waals surface area contributed by atoms with Crippen LogP contribution in [-0.2, 0) is 17.8 Å². The van der Waals surface area contributed by atoms with Crippen LogP contribution in [0.3, 0.4) is 0 Å². The fourth-order valence-corrected chi connectivity index (χ4v) is 3.72. The second-order valence-corrected chi connectivity index (χ2v) is 7.25. The number of carbonyl (C=O) groups is 1. The summed E-state index contributed by atoms with van der Waals surface area (Å²) in [5.41, 5.74) is 6.48.